The highest BCUT2D eigenvalue weighted by molar-refractivity contribution is 5.77. The Labute approximate surface area is 93.2 Å². The zero-order valence-corrected chi connectivity index (χ0v) is 8.95. The van der Waals surface area contributed by atoms with Crippen molar-refractivity contribution in [2.75, 3.05) is 0 Å². The second-order valence-electron chi connectivity index (χ2n) is 4.62. The van der Waals surface area contributed by atoms with Crippen LogP contribution in [0.25, 0.3) is 11.0 Å². The van der Waals surface area contributed by atoms with Crippen LogP contribution in [0.15, 0.2) is 28.7 Å². The Morgan fingerprint density at radius 1 is 1.38 bits per heavy atom. The molecule has 1 aromatic carbocycles. The SMILES string of the molecule is N[C@H](CC1CC1)c1cc2cc(F)ccc2o1. The van der Waals surface area contributed by atoms with E-state index in [2.05, 4.69) is 0 Å². The molecule has 0 spiro atoms. The predicted octanol–water partition coefficient (Wildman–Crippen LogP) is 3.37. The van der Waals surface area contributed by atoms with Crippen LogP contribution in [0, 0.1) is 11.7 Å². The molecule has 2 N–H and O–H groups in total. The van der Waals surface area contributed by atoms with Crippen LogP contribution in [0.1, 0.15) is 31.1 Å². The standard InChI is InChI=1S/C13H14FNO/c14-10-3-4-12-9(6-10)7-13(16-12)11(15)5-8-1-2-8/h3-4,6-8,11H,1-2,5,15H2/t11-/m1/s1. The molecular formula is C13H14FNO. The van der Waals surface area contributed by atoms with Crippen LogP contribution in [-0.4, -0.2) is 0 Å². The minimum absolute atomic E-state index is 0.0528. The van der Waals surface area contributed by atoms with Gasteiger partial charge in [-0.25, -0.2) is 4.39 Å². The summed E-state index contributed by atoms with van der Waals surface area (Å²) in [7, 11) is 0. The lowest BCUT2D eigenvalue weighted by Crippen LogP contribution is -2.09. The third-order valence-corrected chi connectivity index (χ3v) is 3.15. The van der Waals surface area contributed by atoms with Gasteiger partial charge in [0.2, 0.25) is 0 Å². The molecule has 0 bridgehead atoms. The Morgan fingerprint density at radius 2 is 2.19 bits per heavy atom. The van der Waals surface area contributed by atoms with Gasteiger partial charge in [0.25, 0.3) is 0 Å². The molecule has 1 fully saturated rings. The minimum Gasteiger partial charge on any atom is -0.459 e. The predicted molar refractivity (Wildman–Crippen MR) is 60.4 cm³/mol. The first kappa shape index (κ1) is 9.85. The van der Waals surface area contributed by atoms with Gasteiger partial charge in [-0.15, -0.1) is 0 Å². The summed E-state index contributed by atoms with van der Waals surface area (Å²) in [5.41, 5.74) is 6.76. The van der Waals surface area contributed by atoms with Gasteiger partial charge in [0.05, 0.1) is 6.04 Å². The van der Waals surface area contributed by atoms with Crippen molar-refractivity contribution >= 4 is 11.0 Å². The fourth-order valence-corrected chi connectivity index (χ4v) is 2.05. The van der Waals surface area contributed by atoms with Crippen molar-refractivity contribution in [3.63, 3.8) is 0 Å². The topological polar surface area (TPSA) is 39.2 Å². The molecule has 2 nitrogen and oxygen atoms in total. The highest BCUT2D eigenvalue weighted by atomic mass is 19.1. The number of hydrogen-bond acceptors (Lipinski definition) is 2. The van der Waals surface area contributed by atoms with Gasteiger partial charge in [0.15, 0.2) is 0 Å². The Morgan fingerprint density at radius 3 is 2.94 bits per heavy atom. The zero-order chi connectivity index (χ0) is 11.1. The number of fused-ring (bicyclic) bond motifs is 1. The summed E-state index contributed by atoms with van der Waals surface area (Å²) in [5.74, 6) is 1.29. The molecule has 0 unspecified atom stereocenters. The highest BCUT2D eigenvalue weighted by Crippen LogP contribution is 2.37. The maximum Gasteiger partial charge on any atom is 0.134 e. The van der Waals surface area contributed by atoms with Crippen LogP contribution in [0.4, 0.5) is 4.39 Å². The second kappa shape index (κ2) is 3.59. The van der Waals surface area contributed by atoms with Gasteiger partial charge >= 0.3 is 0 Å². The highest BCUT2D eigenvalue weighted by Gasteiger charge is 2.25. The number of nitrogens with two attached hydrogens (primary N) is 1. The average molecular weight is 219 g/mol. The number of rotatable bonds is 3. The molecule has 3 heteroatoms. The van der Waals surface area contributed by atoms with E-state index >= 15 is 0 Å². The van der Waals surface area contributed by atoms with E-state index in [4.69, 9.17) is 10.2 Å². The lowest BCUT2D eigenvalue weighted by molar-refractivity contribution is 0.463. The quantitative estimate of drug-likeness (QED) is 0.859. The van der Waals surface area contributed by atoms with Gasteiger partial charge in [0, 0.05) is 5.39 Å². The van der Waals surface area contributed by atoms with Crippen molar-refractivity contribution in [2.24, 2.45) is 11.7 Å². The summed E-state index contributed by atoms with van der Waals surface area (Å²) in [4.78, 5) is 0. The summed E-state index contributed by atoms with van der Waals surface area (Å²) in [6.45, 7) is 0. The van der Waals surface area contributed by atoms with Crippen LogP contribution >= 0.6 is 0 Å². The number of furan rings is 1. The zero-order valence-electron chi connectivity index (χ0n) is 8.95. The van der Waals surface area contributed by atoms with E-state index in [-0.39, 0.29) is 11.9 Å². The first-order chi connectivity index (χ1) is 7.72. The van der Waals surface area contributed by atoms with Gasteiger partial charge in [-0.1, -0.05) is 12.8 Å². The first-order valence-corrected chi connectivity index (χ1v) is 5.67. The summed E-state index contributed by atoms with van der Waals surface area (Å²) in [6.07, 6.45) is 3.54. The van der Waals surface area contributed by atoms with Crippen molar-refractivity contribution in [3.8, 4) is 0 Å². The van der Waals surface area contributed by atoms with E-state index in [1.165, 1.54) is 25.0 Å². The Kier molecular flexibility index (Phi) is 2.21. The smallest absolute Gasteiger partial charge is 0.134 e. The average Bonchev–Trinajstić information content (AvgIpc) is 2.95. The van der Waals surface area contributed by atoms with Crippen molar-refractivity contribution in [1.82, 2.24) is 0 Å². The van der Waals surface area contributed by atoms with E-state index < -0.39 is 0 Å². The first-order valence-electron chi connectivity index (χ1n) is 5.67. The summed E-state index contributed by atoms with van der Waals surface area (Å²) < 4.78 is 18.6. The van der Waals surface area contributed by atoms with Crippen molar-refractivity contribution in [3.05, 3.63) is 35.8 Å². The van der Waals surface area contributed by atoms with Crippen LogP contribution in [-0.2, 0) is 0 Å². The molecule has 1 aliphatic carbocycles. The molecule has 1 aromatic heterocycles. The maximum atomic E-state index is 13.0. The molecule has 1 aliphatic rings. The fraction of sp³-hybridized carbons (Fsp3) is 0.385. The Bertz CT molecular complexity index is 516. The monoisotopic (exact) mass is 219 g/mol. The van der Waals surface area contributed by atoms with Crippen LogP contribution in [0.2, 0.25) is 0 Å². The van der Waals surface area contributed by atoms with Gasteiger partial charge in [-0.05, 0) is 36.6 Å². The molecule has 1 heterocycles. The van der Waals surface area contributed by atoms with Crippen LogP contribution < -0.4 is 5.73 Å². The lowest BCUT2D eigenvalue weighted by atomic mass is 10.1. The Balaban J connectivity index is 1.91. The number of benzene rings is 1. The van der Waals surface area contributed by atoms with E-state index in [1.807, 2.05) is 6.07 Å². The molecule has 84 valence electrons. The van der Waals surface area contributed by atoms with Gasteiger partial charge in [0.1, 0.15) is 17.2 Å². The van der Waals surface area contributed by atoms with Crippen molar-refractivity contribution < 1.29 is 8.81 Å². The van der Waals surface area contributed by atoms with E-state index in [0.29, 0.717) is 5.58 Å². The molecule has 2 aromatic rings. The van der Waals surface area contributed by atoms with E-state index in [0.717, 1.165) is 23.5 Å². The molecule has 0 radical (unpaired) electrons. The van der Waals surface area contributed by atoms with E-state index in [1.54, 1.807) is 6.07 Å². The largest absolute Gasteiger partial charge is 0.459 e. The Hall–Kier alpha value is -1.35. The third-order valence-electron chi connectivity index (χ3n) is 3.15. The molecule has 0 aliphatic heterocycles. The van der Waals surface area contributed by atoms with Gasteiger partial charge < -0.3 is 10.2 Å². The molecule has 0 saturated heterocycles. The lowest BCUT2D eigenvalue weighted by Gasteiger charge is -2.06. The summed E-state index contributed by atoms with van der Waals surface area (Å²) in [5, 5.41) is 0.793. The fourth-order valence-electron chi connectivity index (χ4n) is 2.05. The molecule has 0 amide bonds. The van der Waals surface area contributed by atoms with Crippen molar-refractivity contribution in [2.45, 2.75) is 25.3 Å². The molecule has 1 saturated carbocycles. The van der Waals surface area contributed by atoms with E-state index in [9.17, 15) is 4.39 Å². The van der Waals surface area contributed by atoms with Crippen LogP contribution in [0.3, 0.4) is 0 Å². The maximum absolute atomic E-state index is 13.0. The summed E-state index contributed by atoms with van der Waals surface area (Å²) in [6, 6.07) is 6.33. The molecule has 16 heavy (non-hydrogen) atoms. The van der Waals surface area contributed by atoms with Crippen molar-refractivity contribution in [1.29, 1.82) is 0 Å². The second-order valence-corrected chi connectivity index (χ2v) is 4.62. The molecular weight excluding hydrogens is 205 g/mol. The summed E-state index contributed by atoms with van der Waals surface area (Å²) >= 11 is 0. The molecule has 3 rings (SSSR count). The number of hydrogen-bond donors (Lipinski definition) is 1. The third kappa shape index (κ3) is 1.83. The normalized spacial score (nSPS) is 17.9. The minimum atomic E-state index is -0.240. The van der Waals surface area contributed by atoms with Gasteiger partial charge in [-0.3, -0.25) is 0 Å². The molecule has 1 atom stereocenters. The number of halogens is 1. The van der Waals surface area contributed by atoms with Crippen LogP contribution in [0.5, 0.6) is 0 Å². The van der Waals surface area contributed by atoms with Gasteiger partial charge in [-0.2, -0.15) is 0 Å².